The van der Waals surface area contributed by atoms with Gasteiger partial charge in [-0.1, -0.05) is 5.21 Å². The molecular formula is C14H16N6. The summed E-state index contributed by atoms with van der Waals surface area (Å²) in [5.41, 5.74) is 4.21. The third-order valence-corrected chi connectivity index (χ3v) is 3.10. The number of hydrogen-bond acceptors (Lipinski definition) is 4. The Morgan fingerprint density at radius 1 is 1.10 bits per heavy atom. The van der Waals surface area contributed by atoms with Gasteiger partial charge in [-0.25, -0.2) is 4.68 Å². The van der Waals surface area contributed by atoms with Crippen molar-refractivity contribution < 1.29 is 0 Å². The van der Waals surface area contributed by atoms with Crippen LogP contribution >= 0.6 is 0 Å². The molecule has 0 saturated heterocycles. The lowest BCUT2D eigenvalue weighted by molar-refractivity contribution is 0.638. The normalized spacial score (nSPS) is 10.9. The lowest BCUT2D eigenvalue weighted by atomic mass is 10.3. The predicted octanol–water partition coefficient (Wildman–Crippen LogP) is 1.58. The van der Waals surface area contributed by atoms with Crippen LogP contribution in [0.25, 0.3) is 0 Å². The fraction of sp³-hybridized carbons (Fsp3) is 0.286. The van der Waals surface area contributed by atoms with Crippen LogP contribution in [-0.2, 0) is 13.1 Å². The fourth-order valence-corrected chi connectivity index (χ4v) is 2.15. The Labute approximate surface area is 117 Å². The summed E-state index contributed by atoms with van der Waals surface area (Å²) in [7, 11) is 0. The van der Waals surface area contributed by atoms with Crippen molar-refractivity contribution in [2.75, 3.05) is 0 Å². The second-order valence-electron chi connectivity index (χ2n) is 4.85. The van der Waals surface area contributed by atoms with Crippen LogP contribution in [0.2, 0.25) is 0 Å². The van der Waals surface area contributed by atoms with Crippen LogP contribution in [0, 0.1) is 13.8 Å². The molecular weight excluding hydrogens is 252 g/mol. The highest BCUT2D eigenvalue weighted by molar-refractivity contribution is 5.11. The molecule has 0 aromatic carbocycles. The minimum absolute atomic E-state index is 0.649. The highest BCUT2D eigenvalue weighted by atomic mass is 15.4. The number of aryl methyl sites for hydroxylation is 2. The van der Waals surface area contributed by atoms with Gasteiger partial charge in [-0.05, 0) is 37.6 Å². The van der Waals surface area contributed by atoms with E-state index in [9.17, 15) is 0 Å². The second kappa shape index (κ2) is 5.24. The molecule has 3 aromatic rings. The molecule has 0 aliphatic rings. The maximum Gasteiger partial charge on any atom is 0.104 e. The summed E-state index contributed by atoms with van der Waals surface area (Å²) >= 11 is 0. The Kier molecular flexibility index (Phi) is 3.28. The van der Waals surface area contributed by atoms with Crippen LogP contribution in [0.15, 0.2) is 36.8 Å². The van der Waals surface area contributed by atoms with E-state index in [0.29, 0.717) is 13.1 Å². The molecule has 102 valence electrons. The zero-order valence-corrected chi connectivity index (χ0v) is 11.6. The maximum atomic E-state index is 4.43. The lowest BCUT2D eigenvalue weighted by Gasteiger charge is -2.00. The van der Waals surface area contributed by atoms with Crippen molar-refractivity contribution in [3.63, 3.8) is 0 Å². The molecule has 3 heterocycles. The summed E-state index contributed by atoms with van der Waals surface area (Å²) in [5.74, 6) is 0. The Bertz CT molecular complexity index is 698. The van der Waals surface area contributed by atoms with Crippen molar-refractivity contribution in [2.24, 2.45) is 0 Å². The molecule has 0 aliphatic heterocycles. The van der Waals surface area contributed by atoms with Crippen LogP contribution in [0.4, 0.5) is 0 Å². The second-order valence-corrected chi connectivity index (χ2v) is 4.85. The number of aromatic nitrogens is 6. The van der Waals surface area contributed by atoms with Gasteiger partial charge in [0.25, 0.3) is 0 Å². The van der Waals surface area contributed by atoms with Crippen molar-refractivity contribution in [2.45, 2.75) is 26.9 Å². The third-order valence-electron chi connectivity index (χ3n) is 3.10. The maximum absolute atomic E-state index is 4.43. The highest BCUT2D eigenvalue weighted by Gasteiger charge is 2.06. The molecule has 20 heavy (non-hydrogen) atoms. The van der Waals surface area contributed by atoms with Crippen molar-refractivity contribution in [3.05, 3.63) is 59.4 Å². The quantitative estimate of drug-likeness (QED) is 0.721. The molecule has 0 saturated carbocycles. The lowest BCUT2D eigenvalue weighted by Crippen LogP contribution is -2.04. The van der Waals surface area contributed by atoms with E-state index in [1.807, 2.05) is 41.5 Å². The number of rotatable bonds is 4. The van der Waals surface area contributed by atoms with Crippen LogP contribution in [0.1, 0.15) is 22.6 Å². The molecule has 0 atom stereocenters. The van der Waals surface area contributed by atoms with Crippen molar-refractivity contribution in [1.29, 1.82) is 0 Å². The summed E-state index contributed by atoms with van der Waals surface area (Å²) in [5, 5.41) is 12.8. The zero-order chi connectivity index (χ0) is 13.9. The van der Waals surface area contributed by atoms with Crippen molar-refractivity contribution in [3.8, 4) is 0 Å². The Morgan fingerprint density at radius 3 is 2.60 bits per heavy atom. The highest BCUT2D eigenvalue weighted by Crippen LogP contribution is 2.06. The molecule has 0 aliphatic carbocycles. The Morgan fingerprint density at radius 2 is 1.90 bits per heavy atom. The van der Waals surface area contributed by atoms with Gasteiger partial charge in [0.15, 0.2) is 0 Å². The van der Waals surface area contributed by atoms with E-state index >= 15 is 0 Å². The first-order valence-electron chi connectivity index (χ1n) is 6.50. The van der Waals surface area contributed by atoms with Gasteiger partial charge in [-0.15, -0.1) is 5.10 Å². The monoisotopic (exact) mass is 268 g/mol. The largest absolute Gasteiger partial charge is 0.265 e. The van der Waals surface area contributed by atoms with Crippen LogP contribution < -0.4 is 0 Å². The van der Waals surface area contributed by atoms with Gasteiger partial charge in [0, 0.05) is 18.1 Å². The van der Waals surface area contributed by atoms with E-state index in [0.717, 1.165) is 22.6 Å². The van der Waals surface area contributed by atoms with Gasteiger partial charge in [0.2, 0.25) is 0 Å². The van der Waals surface area contributed by atoms with Gasteiger partial charge in [0.05, 0.1) is 25.0 Å². The smallest absolute Gasteiger partial charge is 0.104 e. The minimum atomic E-state index is 0.649. The first kappa shape index (κ1) is 12.5. The molecule has 0 amide bonds. The molecule has 6 nitrogen and oxygen atoms in total. The summed E-state index contributed by atoms with van der Waals surface area (Å²) in [6.07, 6.45) is 5.52. The summed E-state index contributed by atoms with van der Waals surface area (Å²) < 4.78 is 3.77. The van der Waals surface area contributed by atoms with Gasteiger partial charge in [-0.2, -0.15) is 5.10 Å². The molecule has 0 radical (unpaired) electrons. The third kappa shape index (κ3) is 2.74. The van der Waals surface area contributed by atoms with Gasteiger partial charge < -0.3 is 0 Å². The predicted molar refractivity (Wildman–Crippen MR) is 74.2 cm³/mol. The van der Waals surface area contributed by atoms with Crippen molar-refractivity contribution in [1.82, 2.24) is 29.8 Å². The molecule has 0 bridgehead atoms. The van der Waals surface area contributed by atoms with Crippen LogP contribution in [0.5, 0.6) is 0 Å². The molecule has 0 N–H and O–H groups in total. The first-order chi connectivity index (χ1) is 9.70. The number of pyridine rings is 1. The van der Waals surface area contributed by atoms with E-state index in [1.165, 1.54) is 0 Å². The molecule has 6 heteroatoms. The van der Waals surface area contributed by atoms with Gasteiger partial charge >= 0.3 is 0 Å². The van der Waals surface area contributed by atoms with Gasteiger partial charge in [0.1, 0.15) is 5.69 Å². The summed E-state index contributed by atoms with van der Waals surface area (Å²) in [6.45, 7) is 5.38. The minimum Gasteiger partial charge on any atom is -0.265 e. The van der Waals surface area contributed by atoms with E-state index < -0.39 is 0 Å². The van der Waals surface area contributed by atoms with Gasteiger partial charge in [-0.3, -0.25) is 9.67 Å². The Balaban J connectivity index is 1.72. The molecule has 3 rings (SSSR count). The molecule has 3 aromatic heterocycles. The van der Waals surface area contributed by atoms with E-state index in [-0.39, 0.29) is 0 Å². The first-order valence-corrected chi connectivity index (χ1v) is 6.50. The number of hydrogen-bond donors (Lipinski definition) is 0. The number of nitrogens with zero attached hydrogens (tertiary/aromatic N) is 6. The van der Waals surface area contributed by atoms with Crippen molar-refractivity contribution >= 4 is 0 Å². The van der Waals surface area contributed by atoms with E-state index in [2.05, 4.69) is 26.5 Å². The fourth-order valence-electron chi connectivity index (χ4n) is 2.15. The standard InChI is InChI=1S/C14H16N6/c1-11-7-12(2)20(17-11)10-14-9-19(18-16-14)8-13-3-5-15-6-4-13/h3-7,9H,8,10H2,1-2H3. The zero-order valence-electron chi connectivity index (χ0n) is 11.6. The summed E-state index contributed by atoms with van der Waals surface area (Å²) in [4.78, 5) is 4.00. The Hall–Kier alpha value is -2.50. The van der Waals surface area contributed by atoms with Crippen LogP contribution in [0.3, 0.4) is 0 Å². The average molecular weight is 268 g/mol. The average Bonchev–Trinajstić information content (AvgIpc) is 2.98. The molecule has 0 unspecified atom stereocenters. The SMILES string of the molecule is Cc1cc(C)n(Cc2cn(Cc3ccncc3)nn2)n1. The van der Waals surface area contributed by atoms with Crippen LogP contribution in [-0.4, -0.2) is 29.8 Å². The van der Waals surface area contributed by atoms with E-state index in [4.69, 9.17) is 0 Å². The molecule has 0 spiro atoms. The van der Waals surface area contributed by atoms with E-state index in [1.54, 1.807) is 12.4 Å². The summed E-state index contributed by atoms with van der Waals surface area (Å²) in [6, 6.07) is 6.01. The molecule has 0 fully saturated rings. The topological polar surface area (TPSA) is 61.4 Å².